The van der Waals surface area contributed by atoms with Crippen LogP contribution in [0, 0.1) is 119 Å². The lowest BCUT2D eigenvalue weighted by molar-refractivity contribution is 0.360. The van der Waals surface area contributed by atoms with E-state index >= 15 is 26.3 Å². The van der Waals surface area contributed by atoms with Crippen molar-refractivity contribution in [1.82, 2.24) is 9.97 Å². The monoisotopic (exact) mass is 1690 g/mol. The van der Waals surface area contributed by atoms with Gasteiger partial charge in [-0.3, -0.25) is 9.97 Å². The molecule has 0 saturated heterocycles. The molecule has 9 aromatic rings. The second-order valence-corrected chi connectivity index (χ2v) is 31.9. The van der Waals surface area contributed by atoms with Crippen LogP contribution in [0.5, 0.6) is 0 Å². The number of rotatable bonds is 8. The SMILES string of the molecule is [C-]#[N+]C([N+]#[C-])=C1Cc2c(-c3ccc(S(F)(F)(F)(F)F)cc3)c3c(c(-c4ccc(S(F)(F)(F)(F)F)cc4)c2=C1F)CC(=C(C#N)C#N)C=3F.[C-]#[N+]C([N+]#[C-])=C1Cc2c(-c3cccc(F)c3)c3c(c(-c4cccc(F)c4)c2=C1F)CC(=C(C#N)C#N)C=3F.[C-]#[N+]C([N+]#[C-])=C1Cc2c(-c3ccncc3)c3c(c(-c4ccncc4)c2=C1F)CC(=C(C#N)C#N)C=3F. The van der Waals surface area contributed by atoms with Crippen molar-refractivity contribution < 1.29 is 74.0 Å². The topological polar surface area (TPSA) is 195 Å². The maximum absolute atomic E-state index is 16.3. The van der Waals surface area contributed by atoms with E-state index in [1.54, 1.807) is 48.5 Å². The molecule has 0 fully saturated rings. The Kier molecular flexibility index (Phi) is 20.2. The van der Waals surface area contributed by atoms with E-state index in [-0.39, 0.29) is 149 Å². The van der Waals surface area contributed by atoms with Crippen LogP contribution in [0.4, 0.5) is 74.0 Å². The van der Waals surface area contributed by atoms with Crippen LogP contribution in [-0.4, -0.2) is 9.97 Å². The van der Waals surface area contributed by atoms with Crippen molar-refractivity contribution >= 4 is 55.4 Å². The number of allylic oxidation sites excluding steroid dienone is 9. The van der Waals surface area contributed by atoms with Gasteiger partial charge in [0.15, 0.2) is 0 Å². The molecule has 122 heavy (non-hydrogen) atoms. The highest BCUT2D eigenvalue weighted by molar-refractivity contribution is 8.46. The number of halogens is 18. The molecule has 0 radical (unpaired) electrons. The molecule has 34 heteroatoms. The highest BCUT2D eigenvalue weighted by atomic mass is 32.5. The number of benzene rings is 7. The Balaban J connectivity index is 0.000000160. The van der Waals surface area contributed by atoms with E-state index in [1.807, 2.05) is 0 Å². The number of hydrogen-bond acceptors (Lipinski definition) is 8. The van der Waals surface area contributed by atoms with Gasteiger partial charge in [-0.15, -0.1) is 0 Å². The number of hydrogen-bond donors (Lipinski definition) is 0. The summed E-state index contributed by atoms with van der Waals surface area (Å²) in [5, 5.41) is 55.7. The van der Waals surface area contributed by atoms with Crippen LogP contribution in [-0.2, 0) is 38.5 Å². The molecule has 0 amide bonds. The zero-order valence-corrected chi connectivity index (χ0v) is 62.6. The highest BCUT2D eigenvalue weighted by Crippen LogP contribution is 3.03. The van der Waals surface area contributed by atoms with Gasteiger partial charge in [-0.25, -0.2) is 35.1 Å². The van der Waals surface area contributed by atoms with Gasteiger partial charge in [0.1, 0.15) is 149 Å². The molecule has 0 N–H and O–H groups in total. The summed E-state index contributed by atoms with van der Waals surface area (Å²) in [6.45, 7) is 43.9. The average molecular weight is 1700 g/mol. The summed E-state index contributed by atoms with van der Waals surface area (Å²) in [6.07, 6.45) is 3.91. The highest BCUT2D eigenvalue weighted by Gasteiger charge is 2.66. The largest absolute Gasteiger partial charge is 0.525 e. The Morgan fingerprint density at radius 3 is 0.689 bits per heavy atom. The summed E-state index contributed by atoms with van der Waals surface area (Å²) in [6, 6.07) is 28.9. The molecule has 7 aromatic carbocycles. The Labute approximate surface area is 677 Å². The van der Waals surface area contributed by atoms with Gasteiger partial charge in [-0.1, -0.05) is 87.4 Å². The Morgan fingerprint density at radius 1 is 0.279 bits per heavy atom. The van der Waals surface area contributed by atoms with Gasteiger partial charge in [0.25, 0.3) is 0 Å². The molecule has 6 aliphatic carbocycles. The van der Waals surface area contributed by atoms with Gasteiger partial charge in [0.2, 0.25) is 0 Å². The minimum Gasteiger partial charge on any atom is -0.265 e. The summed E-state index contributed by atoms with van der Waals surface area (Å²) in [5.41, 5.74) is -2.06. The van der Waals surface area contributed by atoms with Gasteiger partial charge in [-0.05, 0) is 173 Å². The molecule has 596 valence electrons. The van der Waals surface area contributed by atoms with Crippen molar-refractivity contribution in [1.29, 1.82) is 31.6 Å². The van der Waals surface area contributed by atoms with E-state index in [2.05, 4.69) is 39.0 Å². The van der Waals surface area contributed by atoms with Crippen LogP contribution >= 0.6 is 20.4 Å². The van der Waals surface area contributed by atoms with Crippen molar-refractivity contribution in [3.63, 3.8) is 0 Å². The third-order valence-corrected chi connectivity index (χ3v) is 22.8. The fraction of sp³-hybridized carbons (Fsp3) is 0.0682. The van der Waals surface area contributed by atoms with E-state index < -0.39 is 156 Å². The molecular weight excluding hydrogens is 1660 g/mol. The number of nitrogens with zero attached hydrogens (tertiary/aromatic N) is 14. The van der Waals surface area contributed by atoms with Crippen molar-refractivity contribution in [2.45, 2.75) is 48.3 Å². The van der Waals surface area contributed by atoms with E-state index in [1.165, 1.54) is 73.3 Å². The molecule has 0 saturated carbocycles. The predicted octanol–water partition coefficient (Wildman–Crippen LogP) is 21.4. The zero-order chi connectivity index (χ0) is 88.5. The molecule has 15 rings (SSSR count). The second-order valence-electron chi connectivity index (χ2n) is 27.1. The number of pyridine rings is 2. The molecule has 14 nitrogen and oxygen atoms in total. The lowest BCUT2D eigenvalue weighted by Gasteiger charge is -2.40. The summed E-state index contributed by atoms with van der Waals surface area (Å²) in [4.78, 5) is 22.0. The molecule has 2 aromatic heterocycles. The van der Waals surface area contributed by atoms with Gasteiger partial charge >= 0.3 is 37.9 Å². The lowest BCUT2D eigenvalue weighted by atomic mass is 9.87. The predicted molar refractivity (Wildman–Crippen MR) is 413 cm³/mol. The molecule has 0 atom stereocenters. The third-order valence-electron chi connectivity index (χ3n) is 20.5. The van der Waals surface area contributed by atoms with Crippen LogP contribution in [0.15, 0.2) is 224 Å². The molecule has 0 unspecified atom stereocenters. The molecular formula is C88H36F18N14S2. The first kappa shape index (κ1) is 83.8. The zero-order valence-electron chi connectivity index (χ0n) is 61.0. The van der Waals surface area contributed by atoms with Gasteiger partial charge in [0.05, 0.1) is 16.7 Å². The van der Waals surface area contributed by atoms with Crippen LogP contribution < -0.4 is 31.3 Å². The quantitative estimate of drug-likeness (QED) is 0.0814. The van der Waals surface area contributed by atoms with Crippen LogP contribution in [0.1, 0.15) is 33.4 Å². The lowest BCUT2D eigenvalue weighted by Crippen LogP contribution is -2.24. The van der Waals surface area contributed by atoms with Crippen LogP contribution in [0.25, 0.3) is 131 Å². The summed E-state index contributed by atoms with van der Waals surface area (Å²) < 4.78 is 261. The first-order valence-corrected chi connectivity index (χ1v) is 38.4. The van der Waals surface area contributed by atoms with E-state index in [4.69, 9.17) is 39.4 Å². The fourth-order valence-corrected chi connectivity index (χ4v) is 16.9. The fourth-order valence-electron chi connectivity index (χ4n) is 15.6. The Hall–Kier alpha value is -16.2. The van der Waals surface area contributed by atoms with E-state index in [9.17, 15) is 79.2 Å². The Morgan fingerprint density at radius 2 is 0.484 bits per heavy atom. The normalized spacial score (nSPS) is 14.7. The van der Waals surface area contributed by atoms with Crippen LogP contribution in [0.2, 0.25) is 0 Å². The number of nitriles is 6. The van der Waals surface area contributed by atoms with E-state index in [0.29, 0.717) is 57.6 Å². The molecule has 6 aliphatic rings. The molecule has 0 bridgehead atoms. The Bertz CT molecular complexity index is 7060. The molecule has 0 aliphatic heterocycles. The molecule has 0 spiro atoms. The number of aromatic nitrogens is 2. The van der Waals surface area contributed by atoms with Crippen molar-refractivity contribution in [3.8, 4) is 103 Å². The van der Waals surface area contributed by atoms with Crippen LogP contribution in [0.3, 0.4) is 0 Å². The minimum absolute atomic E-state index is 0.0165. The summed E-state index contributed by atoms with van der Waals surface area (Å²) >= 11 is 0. The summed E-state index contributed by atoms with van der Waals surface area (Å²) in [7, 11) is -20.5. The summed E-state index contributed by atoms with van der Waals surface area (Å²) in [5.74, 6) is -8.92. The standard InChI is InChI=1S/C30H12F12N4S2.C30H12F4N4.C28H12F2N6/c1-45-30(46-2)23-12-22-25(16-5-9-19(10-6-16)48(38,39,40,41)42)26-21(11-20(28(26)31)17(13-43)14-44)24(27(22)29(23)32)15-3-7-18(8-4-15)47(33,34,35,36)37;1-37-30(38-2)23-12-22-25(16-6-4-8-19(32)10-16)26-21(11-20(28(26)33)17(13-35)14-36)24(27(22)29(23)34)15-5-3-7-18(31)9-15;1-33-28(34-2)21-12-20-23(16-5-9-36-10-6-16)24-19(11-18(26(24)29)17(13-31)14-32)22(25(20)27(21)30)15-3-7-35-8-4-15/h3-10H,11-12H2;3-10H,11-12H2;3-10H,11-12H2. The first-order chi connectivity index (χ1) is 57.6. The van der Waals surface area contributed by atoms with Crippen molar-refractivity contribution in [2.75, 3.05) is 0 Å². The smallest absolute Gasteiger partial charge is 0.265 e. The third kappa shape index (κ3) is 14.4. The second kappa shape index (κ2) is 29.5. The number of fused-ring (bicyclic) bond motifs is 6. The minimum atomic E-state index is -10.2. The van der Waals surface area contributed by atoms with Gasteiger partial charge in [-0.2, -0.15) is 60.6 Å². The van der Waals surface area contributed by atoms with E-state index in [0.717, 1.165) is 12.1 Å². The van der Waals surface area contributed by atoms with Gasteiger partial charge in [0, 0.05) is 111 Å². The van der Waals surface area contributed by atoms with Crippen molar-refractivity contribution in [2.24, 2.45) is 0 Å². The van der Waals surface area contributed by atoms with Gasteiger partial charge < -0.3 is 0 Å². The first-order valence-electron chi connectivity index (χ1n) is 34.5. The maximum atomic E-state index is 16.3. The van der Waals surface area contributed by atoms with Crippen molar-refractivity contribution in [3.05, 3.63) is 359 Å². The average Bonchev–Trinajstić information content (AvgIpc) is 1.62. The maximum Gasteiger partial charge on any atom is 0.525 e. The molecule has 2 heterocycles.